The van der Waals surface area contributed by atoms with Gasteiger partial charge in [0.25, 0.3) is 0 Å². The highest BCUT2D eigenvalue weighted by Gasteiger charge is 2.58. The number of piperazine rings is 3. The summed E-state index contributed by atoms with van der Waals surface area (Å²) >= 11 is 0. The minimum atomic E-state index is -1.42. The van der Waals surface area contributed by atoms with Crippen molar-refractivity contribution < 1.29 is 33.6 Å². The Bertz CT molecular complexity index is 1590. The zero-order valence-electron chi connectivity index (χ0n) is 23.3. The fourth-order valence-electron chi connectivity index (χ4n) is 8.29. The zero-order chi connectivity index (χ0) is 28.8. The maximum absolute atomic E-state index is 13.5. The van der Waals surface area contributed by atoms with E-state index in [1.807, 2.05) is 25.1 Å². The molecule has 5 heterocycles. The third-order valence-electron chi connectivity index (χ3n) is 10.6. The molecule has 0 unspecified atom stereocenters. The molecule has 1 amide bonds. The molecule has 5 aliphatic heterocycles. The van der Waals surface area contributed by atoms with Gasteiger partial charge in [-0.2, -0.15) is 5.26 Å². The van der Waals surface area contributed by atoms with E-state index >= 15 is 0 Å². The number of quaternary nitrogens is 2. The molecule has 2 aromatic carbocycles. The highest BCUT2D eigenvalue weighted by Crippen LogP contribution is 2.51. The Morgan fingerprint density at radius 2 is 1.68 bits per heavy atom. The third-order valence-corrected chi connectivity index (χ3v) is 10.6. The number of hydrogen-bond acceptors (Lipinski definition) is 6. The van der Waals surface area contributed by atoms with E-state index in [0.29, 0.717) is 28.8 Å². The lowest BCUT2D eigenvalue weighted by atomic mass is 9.76. The minimum absolute atomic E-state index is 0.0351. The van der Waals surface area contributed by atoms with Crippen LogP contribution in [0, 0.1) is 23.2 Å². The minimum Gasteiger partial charge on any atom is -0.543 e. The standard InChI is InChI=1S/C32H33N4O5/c1-18-26(29(32(40)41)34-28(18)27(19(2)37)31(34)39)21-4-6-23-24(16-21)22-5-3-20(15-25(22)30(23)38)17-36-12-9-35(8-7-33,10-13-36)11-14-36/h3-6,15-16,18-19,27-28,37H,8-14,17H2,1-2H3/q+1/t18-,19+,27+,28+,35?,36?/m0/s1. The highest BCUT2D eigenvalue weighted by molar-refractivity contribution is 6.22. The van der Waals surface area contributed by atoms with Crippen molar-refractivity contribution in [3.63, 3.8) is 0 Å². The predicted octanol–water partition coefficient (Wildman–Crippen LogP) is 0.901. The van der Waals surface area contributed by atoms with Gasteiger partial charge in [-0.15, -0.1) is 0 Å². The summed E-state index contributed by atoms with van der Waals surface area (Å²) in [5.41, 5.74) is 4.99. The molecule has 41 heavy (non-hydrogen) atoms. The second-order valence-electron chi connectivity index (χ2n) is 12.8. The molecule has 0 saturated carbocycles. The van der Waals surface area contributed by atoms with Gasteiger partial charge in [-0.1, -0.05) is 25.1 Å². The fraction of sp³-hybridized carbons (Fsp3) is 0.438. The van der Waals surface area contributed by atoms with Gasteiger partial charge in [-0.25, -0.2) is 0 Å². The summed E-state index contributed by atoms with van der Waals surface area (Å²) in [4.78, 5) is 39.8. The summed E-state index contributed by atoms with van der Waals surface area (Å²) in [5.74, 6) is -2.82. The largest absolute Gasteiger partial charge is 0.543 e. The van der Waals surface area contributed by atoms with Gasteiger partial charge in [0.1, 0.15) is 51.9 Å². The average Bonchev–Trinajstić information content (AvgIpc) is 3.37. The molecule has 0 radical (unpaired) electrons. The van der Waals surface area contributed by atoms with Crippen molar-refractivity contribution in [2.75, 3.05) is 45.8 Å². The smallest absolute Gasteiger partial charge is 0.235 e. The summed E-state index contributed by atoms with van der Waals surface area (Å²) in [6.45, 7) is 11.1. The molecule has 4 fully saturated rings. The van der Waals surface area contributed by atoms with Crippen molar-refractivity contribution in [2.24, 2.45) is 11.8 Å². The van der Waals surface area contributed by atoms with Crippen LogP contribution in [-0.4, -0.2) is 94.6 Å². The Morgan fingerprint density at radius 1 is 1.02 bits per heavy atom. The first kappa shape index (κ1) is 26.1. The Hall–Kier alpha value is -3.84. The number of nitriles is 1. The molecule has 6 aliphatic rings. The van der Waals surface area contributed by atoms with E-state index in [4.69, 9.17) is 0 Å². The molecule has 1 aliphatic carbocycles. The van der Waals surface area contributed by atoms with Crippen molar-refractivity contribution in [2.45, 2.75) is 32.5 Å². The summed E-state index contributed by atoms with van der Waals surface area (Å²) < 4.78 is 1.91. The van der Waals surface area contributed by atoms with Gasteiger partial charge in [-0.3, -0.25) is 14.1 Å². The Morgan fingerprint density at radius 3 is 2.32 bits per heavy atom. The number of carboxylic acids is 1. The molecule has 4 atom stereocenters. The average molecular weight is 554 g/mol. The van der Waals surface area contributed by atoms with Crippen molar-refractivity contribution in [3.05, 3.63) is 64.3 Å². The Balaban J connectivity index is 1.20. The van der Waals surface area contributed by atoms with Crippen molar-refractivity contribution in [3.8, 4) is 17.2 Å². The topological polar surface area (TPSA) is 122 Å². The zero-order valence-corrected chi connectivity index (χ0v) is 23.3. The molecule has 210 valence electrons. The van der Waals surface area contributed by atoms with Crippen LogP contribution in [0.2, 0.25) is 0 Å². The van der Waals surface area contributed by atoms with Crippen LogP contribution in [0.15, 0.2) is 42.1 Å². The van der Waals surface area contributed by atoms with Crippen LogP contribution in [0.25, 0.3) is 16.7 Å². The molecule has 9 heteroatoms. The van der Waals surface area contributed by atoms with Crippen LogP contribution in [0.1, 0.15) is 40.9 Å². The van der Waals surface area contributed by atoms with Gasteiger partial charge in [0.15, 0.2) is 12.3 Å². The Labute approximate surface area is 238 Å². The lowest BCUT2D eigenvalue weighted by Crippen LogP contribution is -2.74. The maximum Gasteiger partial charge on any atom is 0.235 e. The number of β-lactam (4-membered cyclic amide) rings is 1. The summed E-state index contributed by atoms with van der Waals surface area (Å²) in [5, 5.41) is 31.7. The first-order chi connectivity index (χ1) is 19.6. The van der Waals surface area contributed by atoms with Gasteiger partial charge in [-0.05, 0) is 47.4 Å². The molecular formula is C32H33N4O5+. The van der Waals surface area contributed by atoms with Crippen LogP contribution in [-0.2, 0) is 16.1 Å². The van der Waals surface area contributed by atoms with Gasteiger partial charge in [0.2, 0.25) is 5.91 Å². The second-order valence-corrected chi connectivity index (χ2v) is 12.8. The maximum atomic E-state index is 13.5. The number of aliphatic hydroxyl groups excluding tert-OH is 1. The number of fused-ring (bicyclic) bond motifs is 7. The van der Waals surface area contributed by atoms with Gasteiger partial charge in [0, 0.05) is 22.6 Å². The van der Waals surface area contributed by atoms with E-state index in [1.165, 1.54) is 4.90 Å². The van der Waals surface area contributed by atoms with Crippen LogP contribution in [0.3, 0.4) is 0 Å². The molecule has 2 aromatic rings. The summed E-state index contributed by atoms with van der Waals surface area (Å²) in [6.07, 6.45) is -0.883. The molecule has 4 saturated heterocycles. The molecule has 2 bridgehead atoms. The number of nitrogens with zero attached hydrogens (tertiary/aromatic N) is 4. The first-order valence-electron chi connectivity index (χ1n) is 14.4. The molecule has 0 aromatic heterocycles. The molecule has 1 N–H and O–H groups in total. The van der Waals surface area contributed by atoms with Crippen LogP contribution < -0.4 is 5.11 Å². The predicted molar refractivity (Wildman–Crippen MR) is 146 cm³/mol. The quantitative estimate of drug-likeness (QED) is 0.275. The molecular weight excluding hydrogens is 520 g/mol. The van der Waals surface area contributed by atoms with Crippen LogP contribution >= 0.6 is 0 Å². The molecule has 8 rings (SSSR count). The van der Waals surface area contributed by atoms with Gasteiger partial charge in [0.05, 0.1) is 29.7 Å². The van der Waals surface area contributed by atoms with E-state index in [2.05, 4.69) is 12.1 Å². The van der Waals surface area contributed by atoms with E-state index in [0.717, 1.165) is 71.5 Å². The summed E-state index contributed by atoms with van der Waals surface area (Å²) in [6, 6.07) is 13.4. The van der Waals surface area contributed by atoms with E-state index in [1.54, 1.807) is 19.1 Å². The lowest BCUT2D eigenvalue weighted by molar-refractivity contribution is -1.08. The van der Waals surface area contributed by atoms with E-state index in [-0.39, 0.29) is 17.4 Å². The van der Waals surface area contributed by atoms with Crippen LogP contribution in [0.5, 0.6) is 0 Å². The number of hydrogen-bond donors (Lipinski definition) is 1. The van der Waals surface area contributed by atoms with Crippen molar-refractivity contribution >= 4 is 23.2 Å². The number of amides is 1. The number of benzene rings is 2. The fourth-order valence-corrected chi connectivity index (χ4v) is 8.29. The van der Waals surface area contributed by atoms with Crippen molar-refractivity contribution in [1.29, 1.82) is 5.26 Å². The lowest BCUT2D eigenvalue weighted by Gasteiger charge is -2.54. The van der Waals surface area contributed by atoms with Crippen molar-refractivity contribution in [1.82, 2.24) is 4.90 Å². The SMILES string of the molecule is C[C@@H](O)[C@H]1C(=O)N2C(C(=O)[O-])=C(c3ccc4c(c3)-c3ccc(C[N+]56CC[N+](CC#N)(CC5)CC6)cc3C4=O)[C@H](C)[C@H]12. The number of aliphatic hydroxyl groups is 1. The Kier molecular flexibility index (Phi) is 5.62. The molecule has 9 nitrogen and oxygen atoms in total. The third kappa shape index (κ3) is 3.61. The number of carboxylic acid groups (broad SMARTS) is 1. The number of ketones is 1. The number of carbonyl (C=O) groups excluding carboxylic acids is 3. The number of rotatable bonds is 6. The first-order valence-corrected chi connectivity index (χ1v) is 14.4. The van der Waals surface area contributed by atoms with E-state index in [9.17, 15) is 29.9 Å². The monoisotopic (exact) mass is 553 g/mol. The molecule has 0 spiro atoms. The van der Waals surface area contributed by atoms with Gasteiger partial charge >= 0.3 is 0 Å². The second kappa shape index (κ2) is 8.83. The van der Waals surface area contributed by atoms with Crippen LogP contribution in [0.4, 0.5) is 0 Å². The van der Waals surface area contributed by atoms with Gasteiger partial charge < -0.3 is 24.4 Å². The summed E-state index contributed by atoms with van der Waals surface area (Å²) in [7, 11) is 0. The number of aliphatic carboxylic acids is 1. The number of carbonyl (C=O) groups is 3. The highest BCUT2D eigenvalue weighted by atomic mass is 16.4. The van der Waals surface area contributed by atoms with E-state index < -0.39 is 29.9 Å². The normalized spacial score (nSPS) is 31.9.